The molecule has 0 aliphatic heterocycles. The van der Waals surface area contributed by atoms with Gasteiger partial charge < -0.3 is 0 Å². The van der Waals surface area contributed by atoms with Crippen LogP contribution in [0.4, 0.5) is 0 Å². The number of nitrogens with zero attached hydrogens (tertiary/aromatic N) is 3. The van der Waals surface area contributed by atoms with Gasteiger partial charge in [-0.05, 0) is 6.92 Å². The molecule has 0 bridgehead atoms. The van der Waals surface area contributed by atoms with Gasteiger partial charge in [0.1, 0.15) is 6.34 Å². The van der Waals surface area contributed by atoms with Crippen molar-refractivity contribution in [1.82, 2.24) is 0 Å². The molecule has 0 fully saturated rings. The Balaban J connectivity index is 3.27. The fraction of sp³-hybridized carbons (Fsp3) is 0.250. The van der Waals surface area contributed by atoms with Crippen LogP contribution >= 0.6 is 0 Å². The van der Waals surface area contributed by atoms with Crippen LogP contribution in [0.25, 0.3) is 0 Å². The van der Waals surface area contributed by atoms with Crippen molar-refractivity contribution < 1.29 is 0 Å². The molecule has 7 heavy (non-hydrogen) atoms. The zero-order chi connectivity index (χ0) is 5.54. The van der Waals surface area contributed by atoms with E-state index < -0.39 is 0 Å². The van der Waals surface area contributed by atoms with Crippen molar-refractivity contribution >= 4 is 19.3 Å². The minimum atomic E-state index is 1.33. The average molecular weight is 97.1 g/mol. The van der Waals surface area contributed by atoms with Gasteiger partial charge in [-0.3, -0.25) is 0 Å². The first-order valence-electron chi connectivity index (χ1n) is 1.87. The predicted octanol–water partition coefficient (Wildman–Crippen LogP) is 0.721. The standard InChI is InChI=1S/C4H7N3/c1-3-6-4-7-5-2/h3-4H,2H2,1H3/b6-3+,7-4-. The van der Waals surface area contributed by atoms with Crippen LogP contribution in [0.5, 0.6) is 0 Å². The van der Waals surface area contributed by atoms with Crippen LogP contribution < -0.4 is 0 Å². The highest BCUT2D eigenvalue weighted by Crippen LogP contribution is 1.61. The van der Waals surface area contributed by atoms with Crippen LogP contribution in [-0.4, -0.2) is 19.3 Å². The third kappa shape index (κ3) is 5.01. The molecule has 0 saturated heterocycles. The maximum Gasteiger partial charge on any atom is 0.137 e. The summed E-state index contributed by atoms with van der Waals surface area (Å²) in [6.45, 7) is 4.91. The zero-order valence-corrected chi connectivity index (χ0v) is 4.20. The molecule has 0 radical (unpaired) electrons. The minimum Gasteiger partial charge on any atom is -0.248 e. The van der Waals surface area contributed by atoms with E-state index in [0.717, 1.165) is 0 Å². The monoisotopic (exact) mass is 97.1 g/mol. The van der Waals surface area contributed by atoms with E-state index >= 15 is 0 Å². The summed E-state index contributed by atoms with van der Waals surface area (Å²) in [7, 11) is 0. The molecule has 0 N–H and O–H groups in total. The lowest BCUT2D eigenvalue weighted by atomic mass is 10.9. The summed E-state index contributed by atoms with van der Waals surface area (Å²) in [6, 6.07) is 0. The highest BCUT2D eigenvalue weighted by atomic mass is 15.2. The first kappa shape index (κ1) is 6.01. The molecule has 0 rings (SSSR count). The molecule has 0 amide bonds. The van der Waals surface area contributed by atoms with E-state index in [1.54, 1.807) is 13.1 Å². The Kier molecular flexibility index (Phi) is 4.30. The highest BCUT2D eigenvalue weighted by molar-refractivity contribution is 5.70. The first-order valence-corrected chi connectivity index (χ1v) is 1.87. The van der Waals surface area contributed by atoms with Gasteiger partial charge in [0.05, 0.1) is 0 Å². The fourth-order valence-corrected chi connectivity index (χ4v) is 0.133. The molecule has 0 aliphatic carbocycles. The average Bonchev–Trinajstić information content (AvgIpc) is 1.69. The van der Waals surface area contributed by atoms with E-state index in [1.165, 1.54) is 6.34 Å². The fourth-order valence-electron chi connectivity index (χ4n) is 0.133. The zero-order valence-electron chi connectivity index (χ0n) is 4.20. The summed E-state index contributed by atoms with van der Waals surface area (Å²) in [5.74, 6) is 0. The van der Waals surface area contributed by atoms with Gasteiger partial charge in [-0.1, -0.05) is 0 Å². The Hall–Kier alpha value is -0.990. The van der Waals surface area contributed by atoms with Gasteiger partial charge in [0, 0.05) is 12.9 Å². The molecule has 0 unspecified atom stereocenters. The Morgan fingerprint density at radius 1 is 1.57 bits per heavy atom. The maximum absolute atomic E-state index is 3.61. The van der Waals surface area contributed by atoms with Crippen molar-refractivity contribution in [2.24, 2.45) is 15.2 Å². The van der Waals surface area contributed by atoms with Crippen molar-refractivity contribution in [3.8, 4) is 0 Å². The van der Waals surface area contributed by atoms with Crippen molar-refractivity contribution in [2.45, 2.75) is 6.92 Å². The van der Waals surface area contributed by atoms with Crippen LogP contribution in [0.3, 0.4) is 0 Å². The molecule has 0 spiro atoms. The Labute approximate surface area is 42.5 Å². The largest absolute Gasteiger partial charge is 0.248 e. The molecule has 0 aromatic carbocycles. The second-order valence-electron chi connectivity index (χ2n) is 0.780. The topological polar surface area (TPSA) is 37.1 Å². The lowest BCUT2D eigenvalue weighted by molar-refractivity contribution is 1.27. The molecular formula is C4H7N3. The van der Waals surface area contributed by atoms with Crippen molar-refractivity contribution in [2.75, 3.05) is 0 Å². The van der Waals surface area contributed by atoms with Crippen LogP contribution in [0.2, 0.25) is 0 Å². The van der Waals surface area contributed by atoms with Gasteiger partial charge in [0.2, 0.25) is 0 Å². The second-order valence-corrected chi connectivity index (χ2v) is 0.780. The Morgan fingerprint density at radius 2 is 2.29 bits per heavy atom. The van der Waals surface area contributed by atoms with Crippen molar-refractivity contribution in [3.63, 3.8) is 0 Å². The number of hydrogen-bond donors (Lipinski definition) is 0. The van der Waals surface area contributed by atoms with Crippen LogP contribution in [0.15, 0.2) is 15.2 Å². The normalized spacial score (nSPS) is 11.0. The highest BCUT2D eigenvalue weighted by Gasteiger charge is 1.52. The van der Waals surface area contributed by atoms with E-state index in [-0.39, 0.29) is 0 Å². The van der Waals surface area contributed by atoms with E-state index in [4.69, 9.17) is 0 Å². The molecular weight excluding hydrogens is 90.1 g/mol. The van der Waals surface area contributed by atoms with Gasteiger partial charge in [-0.15, -0.1) is 5.10 Å². The summed E-state index contributed by atoms with van der Waals surface area (Å²) in [5.41, 5.74) is 0. The van der Waals surface area contributed by atoms with Crippen LogP contribution in [0.1, 0.15) is 6.92 Å². The maximum atomic E-state index is 3.61. The number of aliphatic imine (C=N–C) groups is 1. The molecule has 0 atom stereocenters. The molecule has 0 heterocycles. The van der Waals surface area contributed by atoms with Gasteiger partial charge in [-0.25, -0.2) is 4.99 Å². The van der Waals surface area contributed by atoms with Gasteiger partial charge in [-0.2, -0.15) is 5.10 Å². The summed E-state index contributed by atoms with van der Waals surface area (Å²) in [6.07, 6.45) is 2.95. The minimum absolute atomic E-state index is 1.33. The van der Waals surface area contributed by atoms with Crippen molar-refractivity contribution in [1.29, 1.82) is 0 Å². The molecule has 0 aromatic heterocycles. The van der Waals surface area contributed by atoms with E-state index in [2.05, 4.69) is 21.9 Å². The lowest BCUT2D eigenvalue weighted by Crippen LogP contribution is -1.61. The molecule has 0 aromatic rings. The third-order valence-corrected chi connectivity index (χ3v) is 0.349. The van der Waals surface area contributed by atoms with Gasteiger partial charge in [0.15, 0.2) is 0 Å². The molecule has 3 nitrogen and oxygen atoms in total. The van der Waals surface area contributed by atoms with E-state index in [1.807, 2.05) is 0 Å². The number of hydrogen-bond acceptors (Lipinski definition) is 2. The SMILES string of the molecule is C=N/N=C\N=C\C. The van der Waals surface area contributed by atoms with Crippen LogP contribution in [0, 0.1) is 0 Å². The summed E-state index contributed by atoms with van der Waals surface area (Å²) in [4.78, 5) is 3.61. The molecule has 0 aliphatic rings. The van der Waals surface area contributed by atoms with Crippen molar-refractivity contribution in [3.05, 3.63) is 0 Å². The van der Waals surface area contributed by atoms with E-state index in [0.29, 0.717) is 0 Å². The van der Waals surface area contributed by atoms with E-state index in [9.17, 15) is 0 Å². The molecule has 3 heteroatoms. The Morgan fingerprint density at radius 3 is 2.71 bits per heavy atom. The number of rotatable bonds is 2. The van der Waals surface area contributed by atoms with Crippen LogP contribution in [-0.2, 0) is 0 Å². The first-order chi connectivity index (χ1) is 3.41. The molecule has 38 valence electrons. The quantitative estimate of drug-likeness (QED) is 0.276. The summed E-state index contributed by atoms with van der Waals surface area (Å²) in [5, 5.41) is 6.53. The summed E-state index contributed by atoms with van der Waals surface area (Å²) < 4.78 is 0. The summed E-state index contributed by atoms with van der Waals surface area (Å²) >= 11 is 0. The molecule has 0 saturated carbocycles. The Bertz CT molecular complexity index is 93.1. The smallest absolute Gasteiger partial charge is 0.137 e. The lowest BCUT2D eigenvalue weighted by Gasteiger charge is -1.66. The third-order valence-electron chi connectivity index (χ3n) is 0.349. The predicted molar refractivity (Wildman–Crippen MR) is 32.2 cm³/mol. The second kappa shape index (κ2) is 5.01. The van der Waals surface area contributed by atoms with Gasteiger partial charge >= 0.3 is 0 Å². The van der Waals surface area contributed by atoms with Gasteiger partial charge in [0.25, 0.3) is 0 Å².